The molecule has 2 heterocycles. The largest absolute Gasteiger partial charge is 0.364 e. The molecule has 1 aromatic heterocycles. The summed E-state index contributed by atoms with van der Waals surface area (Å²) in [7, 11) is -4.25. The van der Waals surface area contributed by atoms with Gasteiger partial charge in [-0.05, 0) is 95.5 Å². The van der Waals surface area contributed by atoms with Gasteiger partial charge in [0.15, 0.2) is 0 Å². The number of carbonyl (C=O) groups is 3. The Morgan fingerprint density at radius 2 is 1.53 bits per heavy atom. The van der Waals surface area contributed by atoms with Gasteiger partial charge >= 0.3 is 0 Å². The molecule has 0 radical (unpaired) electrons. The van der Waals surface area contributed by atoms with E-state index in [2.05, 4.69) is 24.6 Å². The summed E-state index contributed by atoms with van der Waals surface area (Å²) >= 11 is 0. The molecule has 0 bridgehead atoms. The molecule has 0 aliphatic carbocycles. The zero-order chi connectivity index (χ0) is 36.1. The van der Waals surface area contributed by atoms with E-state index in [-0.39, 0.29) is 27.6 Å². The van der Waals surface area contributed by atoms with Crippen LogP contribution in [0.5, 0.6) is 0 Å². The third-order valence-corrected chi connectivity index (χ3v) is 10.8. The van der Waals surface area contributed by atoms with Crippen molar-refractivity contribution in [3.05, 3.63) is 130 Å². The molecule has 262 valence electrons. The number of amides is 3. The molecule has 3 N–H and O–H groups in total. The van der Waals surface area contributed by atoms with Crippen LogP contribution in [0.2, 0.25) is 0 Å². The van der Waals surface area contributed by atoms with Crippen molar-refractivity contribution >= 4 is 38.5 Å². The van der Waals surface area contributed by atoms with Gasteiger partial charge in [-0.3, -0.25) is 14.4 Å². The van der Waals surface area contributed by atoms with E-state index < -0.39 is 21.8 Å². The number of unbranched alkanes of at least 4 members (excludes halogenated alkanes) is 2. The zero-order valence-electron chi connectivity index (χ0n) is 28.9. The third-order valence-electron chi connectivity index (χ3n) is 9.49. The van der Waals surface area contributed by atoms with Gasteiger partial charge in [0.05, 0.1) is 10.6 Å². The predicted octanol–water partition coefficient (Wildman–Crippen LogP) is 7.00. The van der Waals surface area contributed by atoms with Crippen LogP contribution in [0.15, 0.2) is 95.9 Å². The summed E-state index contributed by atoms with van der Waals surface area (Å²) in [5.41, 5.74) is 11.1. The first-order chi connectivity index (χ1) is 24.6. The first-order valence-corrected chi connectivity index (χ1v) is 19.0. The number of nitrogens with two attached hydrogens (primary N) is 1. The Balaban J connectivity index is 1.43. The molecule has 3 amide bonds. The second-order valence-corrected chi connectivity index (χ2v) is 14.7. The molecule has 1 aliphatic rings. The molecule has 6 rings (SSSR count). The summed E-state index contributed by atoms with van der Waals surface area (Å²) in [5, 5.41) is 1.58. The third kappa shape index (κ3) is 7.71. The molecular formula is C41H42N4O5S. The number of pyridine rings is 1. The minimum atomic E-state index is -4.25. The Bertz CT molecular complexity index is 2250. The lowest BCUT2D eigenvalue weighted by Crippen LogP contribution is -2.36. The second-order valence-electron chi connectivity index (χ2n) is 13.0. The second kappa shape index (κ2) is 15.3. The van der Waals surface area contributed by atoms with E-state index in [4.69, 9.17) is 10.7 Å². The lowest BCUT2D eigenvalue weighted by Gasteiger charge is -2.29. The Hall–Kier alpha value is -5.35. The van der Waals surface area contributed by atoms with Crippen molar-refractivity contribution in [3.8, 4) is 11.3 Å². The summed E-state index contributed by atoms with van der Waals surface area (Å²) in [6, 6.07) is 26.4. The Kier molecular flexibility index (Phi) is 10.6. The van der Waals surface area contributed by atoms with Crippen molar-refractivity contribution in [2.45, 2.75) is 70.2 Å². The fraction of sp³-hybridized carbons (Fsp3) is 0.268. The van der Waals surface area contributed by atoms with Crippen molar-refractivity contribution in [3.63, 3.8) is 0 Å². The van der Waals surface area contributed by atoms with Crippen LogP contribution in [0.3, 0.4) is 0 Å². The standard InChI is InChI=1S/C41H42N4O5S/c1-3-5-11-30-25-37(43-38(39(42)46)34(30)16-6-4-2)35-20-18-31(24-36(35)41(48)45-22-21-28-13-8-10-15-32(28)26-45)40(47)44-51(49,50)33-19-17-27-12-7-9-14-29(27)23-33/h7-10,12-15,17-20,23-25H,3-6,11,16,21-22,26H2,1-2H3,(H2,42,46)(H,44,47). The normalized spacial score (nSPS) is 12.8. The van der Waals surface area contributed by atoms with Crippen molar-refractivity contribution in [1.82, 2.24) is 14.6 Å². The van der Waals surface area contributed by atoms with Crippen LogP contribution < -0.4 is 10.5 Å². The van der Waals surface area contributed by atoms with Gasteiger partial charge in [0.25, 0.3) is 27.7 Å². The number of hydrogen-bond acceptors (Lipinski definition) is 6. The minimum absolute atomic E-state index is 0.00947. The fourth-order valence-corrected chi connectivity index (χ4v) is 7.70. The number of carbonyl (C=O) groups excluding carboxylic acids is 3. The van der Waals surface area contributed by atoms with Crippen molar-refractivity contribution < 1.29 is 22.8 Å². The summed E-state index contributed by atoms with van der Waals surface area (Å²) in [6.07, 6.45) is 5.68. The van der Waals surface area contributed by atoms with E-state index in [0.717, 1.165) is 53.1 Å². The van der Waals surface area contributed by atoms with E-state index in [1.54, 1.807) is 23.1 Å². The van der Waals surface area contributed by atoms with Crippen LogP contribution in [0.1, 0.15) is 93.0 Å². The smallest absolute Gasteiger partial charge is 0.267 e. The molecule has 0 saturated heterocycles. The van der Waals surface area contributed by atoms with Crippen LogP contribution in [0, 0.1) is 0 Å². The quantitative estimate of drug-likeness (QED) is 0.144. The number of nitrogens with zero attached hydrogens (tertiary/aromatic N) is 2. The van der Waals surface area contributed by atoms with E-state index in [1.165, 1.54) is 29.8 Å². The van der Waals surface area contributed by atoms with Crippen molar-refractivity contribution in [1.29, 1.82) is 0 Å². The lowest BCUT2D eigenvalue weighted by molar-refractivity contribution is 0.0735. The van der Waals surface area contributed by atoms with Gasteiger partial charge in [-0.1, -0.05) is 87.4 Å². The zero-order valence-corrected chi connectivity index (χ0v) is 29.8. The molecule has 0 fully saturated rings. The molecule has 4 aromatic carbocycles. The Morgan fingerprint density at radius 3 is 2.27 bits per heavy atom. The Labute approximate surface area is 299 Å². The number of primary amides is 1. The molecule has 0 saturated carbocycles. The van der Waals surface area contributed by atoms with Crippen LogP contribution in [-0.4, -0.2) is 42.6 Å². The van der Waals surface area contributed by atoms with Crippen LogP contribution >= 0.6 is 0 Å². The van der Waals surface area contributed by atoms with Gasteiger partial charge in [0.1, 0.15) is 5.69 Å². The van der Waals surface area contributed by atoms with Crippen LogP contribution in [-0.2, 0) is 35.8 Å². The molecule has 51 heavy (non-hydrogen) atoms. The van der Waals surface area contributed by atoms with Gasteiger partial charge in [-0.15, -0.1) is 0 Å². The van der Waals surface area contributed by atoms with E-state index in [9.17, 15) is 22.8 Å². The minimum Gasteiger partial charge on any atom is -0.364 e. The molecular weight excluding hydrogens is 661 g/mol. The fourth-order valence-electron chi connectivity index (χ4n) is 6.69. The van der Waals surface area contributed by atoms with E-state index in [0.29, 0.717) is 43.6 Å². The number of nitrogens with one attached hydrogen (secondary N) is 1. The molecule has 1 aliphatic heterocycles. The number of rotatable bonds is 12. The number of aromatic nitrogens is 1. The summed E-state index contributed by atoms with van der Waals surface area (Å²) < 4.78 is 29.0. The van der Waals surface area contributed by atoms with E-state index >= 15 is 0 Å². The highest BCUT2D eigenvalue weighted by molar-refractivity contribution is 7.90. The van der Waals surface area contributed by atoms with Gasteiger partial charge < -0.3 is 10.6 Å². The van der Waals surface area contributed by atoms with Gasteiger partial charge in [-0.2, -0.15) is 0 Å². The lowest BCUT2D eigenvalue weighted by atomic mass is 9.92. The molecule has 0 unspecified atom stereocenters. The number of aryl methyl sites for hydroxylation is 1. The highest BCUT2D eigenvalue weighted by Crippen LogP contribution is 2.31. The molecule has 9 nitrogen and oxygen atoms in total. The number of hydrogen-bond donors (Lipinski definition) is 2. The van der Waals surface area contributed by atoms with Gasteiger partial charge in [-0.25, -0.2) is 18.1 Å². The van der Waals surface area contributed by atoms with Gasteiger partial charge in [0, 0.05) is 29.8 Å². The summed E-state index contributed by atoms with van der Waals surface area (Å²) in [6.45, 7) is 5.01. The first kappa shape index (κ1) is 35.5. The van der Waals surface area contributed by atoms with Gasteiger partial charge in [0.2, 0.25) is 0 Å². The molecule has 10 heteroatoms. The number of sulfonamides is 1. The number of benzene rings is 4. The maximum absolute atomic E-state index is 14.5. The first-order valence-electron chi connectivity index (χ1n) is 17.5. The highest BCUT2D eigenvalue weighted by Gasteiger charge is 2.28. The van der Waals surface area contributed by atoms with Crippen LogP contribution in [0.25, 0.3) is 22.0 Å². The maximum atomic E-state index is 14.5. The maximum Gasteiger partial charge on any atom is 0.267 e. The average molecular weight is 703 g/mol. The number of fused-ring (bicyclic) bond motifs is 2. The SMILES string of the molecule is CCCCc1cc(-c2ccc(C(=O)NS(=O)(=O)c3ccc4ccccc4c3)cc2C(=O)N2CCc3ccccc3C2)nc(C(N)=O)c1CCCC. The van der Waals surface area contributed by atoms with Crippen LogP contribution in [0.4, 0.5) is 0 Å². The topological polar surface area (TPSA) is 140 Å². The molecule has 0 atom stereocenters. The summed E-state index contributed by atoms with van der Waals surface area (Å²) in [4.78, 5) is 47.3. The van der Waals surface area contributed by atoms with Crippen molar-refractivity contribution in [2.75, 3.05) is 6.54 Å². The summed E-state index contributed by atoms with van der Waals surface area (Å²) in [5.74, 6) is -1.85. The highest BCUT2D eigenvalue weighted by atomic mass is 32.2. The monoisotopic (exact) mass is 702 g/mol. The van der Waals surface area contributed by atoms with E-state index in [1.807, 2.05) is 42.5 Å². The molecule has 0 spiro atoms. The molecule has 5 aromatic rings. The Morgan fingerprint density at radius 1 is 0.824 bits per heavy atom. The average Bonchev–Trinajstić information content (AvgIpc) is 3.14. The van der Waals surface area contributed by atoms with Crippen molar-refractivity contribution in [2.24, 2.45) is 5.73 Å². The predicted molar refractivity (Wildman–Crippen MR) is 199 cm³/mol.